The Morgan fingerprint density at radius 3 is 1.19 bits per heavy atom. The van der Waals surface area contributed by atoms with Crippen LogP contribution in [-0.2, 0) is 18.4 Å². The SMILES string of the molecule is CC/C=C\C/C=C\C/C=C\C/C=C\C/C=C\C/C=C\C/C=C\C/C=C\C/C=C\CCCCCCCCCCCCCCCC(=O)NC(COP(=O)(O)OCC[N+](C)(C)C)C(O)/C=C/CC/C=C/CC/C=C/CCCCCC. The summed E-state index contributed by atoms with van der Waals surface area (Å²) in [5.74, 6) is -0.199. The van der Waals surface area contributed by atoms with E-state index >= 15 is 0 Å². The molecular weight excluding hydrogens is 972 g/mol. The molecule has 0 heterocycles. The van der Waals surface area contributed by atoms with Gasteiger partial charge in [0, 0.05) is 6.42 Å². The van der Waals surface area contributed by atoms with E-state index in [4.69, 9.17) is 9.05 Å². The molecule has 0 saturated carbocycles. The lowest BCUT2D eigenvalue weighted by Crippen LogP contribution is -2.45. The second kappa shape index (κ2) is 57.1. The van der Waals surface area contributed by atoms with Crippen molar-refractivity contribution in [1.29, 1.82) is 0 Å². The van der Waals surface area contributed by atoms with Gasteiger partial charge in [0.15, 0.2) is 0 Å². The predicted octanol–water partition coefficient (Wildman–Crippen LogP) is 19.3. The summed E-state index contributed by atoms with van der Waals surface area (Å²) >= 11 is 0. The van der Waals surface area contributed by atoms with Crippen molar-refractivity contribution in [2.45, 2.75) is 238 Å². The molecule has 77 heavy (non-hydrogen) atoms. The first-order valence-corrected chi connectivity index (χ1v) is 32.2. The van der Waals surface area contributed by atoms with Gasteiger partial charge in [0.1, 0.15) is 13.2 Å². The van der Waals surface area contributed by atoms with Crippen LogP contribution in [0.15, 0.2) is 146 Å². The molecule has 3 atom stereocenters. The van der Waals surface area contributed by atoms with Crippen LogP contribution in [-0.4, -0.2) is 73.4 Å². The Balaban J connectivity index is 4.07. The van der Waals surface area contributed by atoms with Crippen LogP contribution in [0.2, 0.25) is 0 Å². The molecule has 0 aromatic carbocycles. The van der Waals surface area contributed by atoms with Gasteiger partial charge in [-0.05, 0) is 116 Å². The molecule has 9 heteroatoms. The molecular formula is C68H116N2O6P+. The minimum Gasteiger partial charge on any atom is -0.387 e. The smallest absolute Gasteiger partial charge is 0.387 e. The van der Waals surface area contributed by atoms with E-state index in [1.807, 2.05) is 27.2 Å². The lowest BCUT2D eigenvalue weighted by Gasteiger charge is -2.25. The van der Waals surface area contributed by atoms with Crippen LogP contribution in [0, 0.1) is 0 Å². The molecule has 0 aromatic heterocycles. The van der Waals surface area contributed by atoms with Gasteiger partial charge < -0.3 is 19.8 Å². The van der Waals surface area contributed by atoms with Gasteiger partial charge in [0.05, 0.1) is 39.9 Å². The van der Waals surface area contributed by atoms with E-state index < -0.39 is 20.0 Å². The number of nitrogens with zero attached hydrogens (tertiary/aromatic N) is 1. The number of hydrogen-bond acceptors (Lipinski definition) is 5. The predicted molar refractivity (Wildman–Crippen MR) is 336 cm³/mol. The van der Waals surface area contributed by atoms with Crippen molar-refractivity contribution in [2.24, 2.45) is 0 Å². The first-order chi connectivity index (χ1) is 37.5. The highest BCUT2D eigenvalue weighted by Gasteiger charge is 2.27. The van der Waals surface area contributed by atoms with Gasteiger partial charge in [-0.15, -0.1) is 0 Å². The Bertz CT molecular complexity index is 1760. The maximum Gasteiger partial charge on any atom is 0.472 e. The second-order valence-electron chi connectivity index (χ2n) is 21.3. The van der Waals surface area contributed by atoms with Crippen molar-refractivity contribution < 1.29 is 32.9 Å². The monoisotopic (exact) mass is 1090 g/mol. The van der Waals surface area contributed by atoms with Gasteiger partial charge in [0.2, 0.25) is 5.91 Å². The van der Waals surface area contributed by atoms with E-state index in [9.17, 15) is 19.4 Å². The first-order valence-electron chi connectivity index (χ1n) is 30.7. The molecule has 0 saturated heterocycles. The highest BCUT2D eigenvalue weighted by Crippen LogP contribution is 2.43. The quantitative estimate of drug-likeness (QED) is 0.0243. The van der Waals surface area contributed by atoms with Gasteiger partial charge in [-0.25, -0.2) is 4.57 Å². The summed E-state index contributed by atoms with van der Waals surface area (Å²) in [6.45, 7) is 4.63. The number of aliphatic hydroxyl groups excluding tert-OH is 1. The van der Waals surface area contributed by atoms with Gasteiger partial charge in [-0.2, -0.15) is 0 Å². The summed E-state index contributed by atoms with van der Waals surface area (Å²) in [4.78, 5) is 23.3. The zero-order valence-electron chi connectivity index (χ0n) is 49.9. The van der Waals surface area contributed by atoms with E-state index in [1.165, 1.54) is 96.3 Å². The number of nitrogens with one attached hydrogen (secondary N) is 1. The number of hydrogen-bond donors (Lipinski definition) is 3. The van der Waals surface area contributed by atoms with E-state index in [0.717, 1.165) is 109 Å². The average Bonchev–Trinajstić information content (AvgIpc) is 3.39. The number of likely N-dealkylation sites (N-methyl/N-ethyl adjacent to an activating group) is 1. The molecule has 438 valence electrons. The van der Waals surface area contributed by atoms with E-state index in [0.29, 0.717) is 17.4 Å². The molecule has 0 aromatic rings. The third-order valence-corrected chi connectivity index (χ3v) is 13.8. The van der Waals surface area contributed by atoms with Crippen molar-refractivity contribution in [3.05, 3.63) is 146 Å². The maximum atomic E-state index is 13.0. The first kappa shape index (κ1) is 73.4. The number of phosphoric ester groups is 1. The number of carbonyl (C=O) groups excluding carboxylic acids is 1. The minimum atomic E-state index is -4.36. The van der Waals surface area contributed by atoms with Crippen LogP contribution in [0.3, 0.4) is 0 Å². The summed E-state index contributed by atoms with van der Waals surface area (Å²) in [7, 11) is 1.53. The van der Waals surface area contributed by atoms with Crippen LogP contribution in [0.4, 0.5) is 0 Å². The largest absolute Gasteiger partial charge is 0.472 e. The minimum absolute atomic E-state index is 0.0472. The number of unbranched alkanes of at least 4 members (excludes halogenated alkanes) is 19. The second-order valence-corrected chi connectivity index (χ2v) is 22.8. The molecule has 0 aliphatic carbocycles. The van der Waals surface area contributed by atoms with Crippen molar-refractivity contribution in [1.82, 2.24) is 5.32 Å². The van der Waals surface area contributed by atoms with Crippen LogP contribution < -0.4 is 5.32 Å². The molecule has 0 aliphatic rings. The zero-order chi connectivity index (χ0) is 56.3. The number of rotatable bonds is 54. The van der Waals surface area contributed by atoms with Gasteiger partial charge >= 0.3 is 7.82 Å². The van der Waals surface area contributed by atoms with Crippen molar-refractivity contribution in [3.63, 3.8) is 0 Å². The Hall–Kier alpha value is -3.62. The number of phosphoric acid groups is 1. The molecule has 3 unspecified atom stereocenters. The molecule has 1 amide bonds. The Morgan fingerprint density at radius 2 is 0.792 bits per heavy atom. The number of carbonyl (C=O) groups is 1. The van der Waals surface area contributed by atoms with Crippen LogP contribution in [0.1, 0.15) is 226 Å². The normalized spacial score (nSPS) is 14.8. The number of allylic oxidation sites excluding steroid dienone is 23. The third-order valence-electron chi connectivity index (χ3n) is 12.8. The average molecular weight is 1090 g/mol. The molecule has 0 fully saturated rings. The summed E-state index contributed by atoms with van der Waals surface area (Å²) in [5.41, 5.74) is 0. The molecule has 3 N–H and O–H groups in total. The fourth-order valence-electron chi connectivity index (χ4n) is 8.01. The summed E-state index contributed by atoms with van der Waals surface area (Å²) in [5, 5.41) is 13.9. The topological polar surface area (TPSA) is 105 Å². The maximum absolute atomic E-state index is 13.0. The standard InChI is InChI=1S/C68H115N2O6P/c1-6-8-10-12-14-16-18-20-22-23-24-25-26-27-28-29-30-31-32-33-34-35-36-37-38-39-40-41-42-43-44-45-46-47-48-50-52-54-56-58-60-62-68(72)69-66(65-76-77(73,74)75-64-63-70(3,4)5)67(71)61-59-57-55-53-51-49-21-19-17-15-13-11-9-7-2/h8,10,14,16-17,19-20,22,24-25,27-28,30-31,33-34,36-37,39-40,51,53,59,61,66-67,71H,6-7,9,11-13,15,18,21,23,26,29,32,35,38,41-50,52,54-58,60,62-65H2,1-5H3,(H-,69,72,73,74)/p+1/b10-8-,16-14-,19-17+,22-20-,25-24-,28-27-,31-30-,34-33-,37-36-,40-39-,53-51+,61-59+. The van der Waals surface area contributed by atoms with Crippen LogP contribution in [0.25, 0.3) is 0 Å². The summed E-state index contributed by atoms with van der Waals surface area (Å²) < 4.78 is 23.6. The fourth-order valence-corrected chi connectivity index (χ4v) is 8.74. The molecule has 0 bridgehead atoms. The van der Waals surface area contributed by atoms with E-state index in [2.05, 4.69) is 153 Å². The van der Waals surface area contributed by atoms with E-state index in [1.54, 1.807) is 6.08 Å². The summed E-state index contributed by atoms with van der Waals surface area (Å²) in [6.07, 6.45) is 88.3. The third kappa shape index (κ3) is 59.9. The molecule has 0 rings (SSSR count). The van der Waals surface area contributed by atoms with Gasteiger partial charge in [0.25, 0.3) is 0 Å². The van der Waals surface area contributed by atoms with E-state index in [-0.39, 0.29) is 19.1 Å². The lowest BCUT2D eigenvalue weighted by molar-refractivity contribution is -0.870. The fraction of sp³-hybridized carbons (Fsp3) is 0.632. The van der Waals surface area contributed by atoms with Crippen LogP contribution in [0.5, 0.6) is 0 Å². The Morgan fingerprint density at radius 1 is 0.455 bits per heavy atom. The highest BCUT2D eigenvalue weighted by atomic mass is 31.2. The van der Waals surface area contributed by atoms with Crippen molar-refractivity contribution >= 4 is 13.7 Å². The molecule has 0 radical (unpaired) electrons. The van der Waals surface area contributed by atoms with Crippen molar-refractivity contribution in [2.75, 3.05) is 40.9 Å². The number of aliphatic hydroxyl groups is 1. The van der Waals surface area contributed by atoms with Crippen molar-refractivity contribution in [3.8, 4) is 0 Å². The summed E-state index contributed by atoms with van der Waals surface area (Å²) in [6, 6.07) is -0.879. The van der Waals surface area contributed by atoms with Gasteiger partial charge in [-0.3, -0.25) is 13.8 Å². The Labute approximate surface area is 474 Å². The van der Waals surface area contributed by atoms with Crippen LogP contribution >= 0.6 is 7.82 Å². The van der Waals surface area contributed by atoms with Gasteiger partial charge in [-0.1, -0.05) is 250 Å². The molecule has 0 aliphatic heterocycles. The molecule has 0 spiro atoms. The Kier molecular flexibility index (Phi) is 54.4. The molecule has 8 nitrogen and oxygen atoms in total. The number of amides is 1. The number of quaternary nitrogens is 1. The zero-order valence-corrected chi connectivity index (χ0v) is 50.8. The lowest BCUT2D eigenvalue weighted by atomic mass is 10.0. The highest BCUT2D eigenvalue weighted by molar-refractivity contribution is 7.47.